The van der Waals surface area contributed by atoms with Gasteiger partial charge in [-0.25, -0.2) is 0 Å². The lowest BCUT2D eigenvalue weighted by molar-refractivity contribution is 0.170. The van der Waals surface area contributed by atoms with Crippen molar-refractivity contribution in [2.75, 3.05) is 26.7 Å². The Morgan fingerprint density at radius 3 is 3.00 bits per heavy atom. The van der Waals surface area contributed by atoms with Crippen molar-refractivity contribution >= 4 is 0 Å². The molecule has 0 bridgehead atoms. The third kappa shape index (κ3) is 3.80. The summed E-state index contributed by atoms with van der Waals surface area (Å²) >= 11 is 0. The molecule has 1 unspecified atom stereocenters. The maximum Gasteiger partial charge on any atom is 0.0713 e. The largest absolute Gasteiger partial charge is 0.380 e. The summed E-state index contributed by atoms with van der Waals surface area (Å²) in [5.74, 6) is 0.681. The second kappa shape index (κ2) is 6.88. The van der Waals surface area contributed by atoms with Crippen LogP contribution in [0.4, 0.5) is 0 Å². The van der Waals surface area contributed by atoms with Crippen molar-refractivity contribution in [3.05, 3.63) is 35.4 Å². The van der Waals surface area contributed by atoms with Crippen LogP contribution in [0.1, 0.15) is 24.0 Å². The molecular weight excluding hydrogens is 224 g/mol. The van der Waals surface area contributed by atoms with E-state index in [9.17, 15) is 0 Å². The zero-order chi connectivity index (χ0) is 12.8. The summed E-state index contributed by atoms with van der Waals surface area (Å²) in [6.45, 7) is 4.89. The van der Waals surface area contributed by atoms with Crippen molar-refractivity contribution in [1.29, 1.82) is 0 Å². The molecule has 0 radical (unpaired) electrons. The quantitative estimate of drug-likeness (QED) is 0.866. The molecule has 0 aliphatic carbocycles. The van der Waals surface area contributed by atoms with Gasteiger partial charge in [0.1, 0.15) is 0 Å². The standard InChI is InChI=1S/C15H24N2O/c1-18-12-14-5-2-4-13(8-14)10-17-7-3-6-15(9-16)11-17/h2,4-5,8,15H,3,6-7,9-12,16H2,1H3. The van der Waals surface area contributed by atoms with Gasteiger partial charge in [-0.3, -0.25) is 4.90 Å². The maximum atomic E-state index is 5.78. The number of hydrogen-bond donors (Lipinski definition) is 1. The van der Waals surface area contributed by atoms with Crippen LogP contribution in [-0.4, -0.2) is 31.6 Å². The topological polar surface area (TPSA) is 38.5 Å². The molecule has 1 aromatic carbocycles. The van der Waals surface area contributed by atoms with Crippen LogP contribution < -0.4 is 5.73 Å². The lowest BCUT2D eigenvalue weighted by Crippen LogP contribution is -2.37. The summed E-state index contributed by atoms with van der Waals surface area (Å²) in [5, 5.41) is 0. The van der Waals surface area contributed by atoms with E-state index in [2.05, 4.69) is 29.2 Å². The zero-order valence-corrected chi connectivity index (χ0v) is 11.3. The van der Waals surface area contributed by atoms with E-state index in [4.69, 9.17) is 10.5 Å². The lowest BCUT2D eigenvalue weighted by Gasteiger charge is -2.32. The highest BCUT2D eigenvalue weighted by molar-refractivity contribution is 5.23. The molecule has 3 heteroatoms. The van der Waals surface area contributed by atoms with Gasteiger partial charge in [-0.15, -0.1) is 0 Å². The fourth-order valence-electron chi connectivity index (χ4n) is 2.73. The Morgan fingerprint density at radius 2 is 2.22 bits per heavy atom. The van der Waals surface area contributed by atoms with E-state index in [-0.39, 0.29) is 0 Å². The average molecular weight is 248 g/mol. The van der Waals surface area contributed by atoms with Gasteiger partial charge >= 0.3 is 0 Å². The SMILES string of the molecule is COCc1cccc(CN2CCCC(CN)C2)c1. The summed E-state index contributed by atoms with van der Waals surface area (Å²) in [4.78, 5) is 2.52. The van der Waals surface area contributed by atoms with Gasteiger partial charge in [-0.1, -0.05) is 24.3 Å². The first-order valence-electron chi connectivity index (χ1n) is 6.81. The fourth-order valence-corrected chi connectivity index (χ4v) is 2.73. The third-order valence-corrected chi connectivity index (χ3v) is 3.65. The number of ether oxygens (including phenoxy) is 1. The molecule has 0 aromatic heterocycles. The first-order chi connectivity index (χ1) is 8.81. The number of nitrogens with zero attached hydrogens (tertiary/aromatic N) is 1. The molecule has 0 spiro atoms. The second-order valence-electron chi connectivity index (χ2n) is 5.23. The van der Waals surface area contributed by atoms with Crippen LogP contribution >= 0.6 is 0 Å². The van der Waals surface area contributed by atoms with Crippen LogP contribution in [0, 0.1) is 5.92 Å². The molecule has 1 heterocycles. The van der Waals surface area contributed by atoms with E-state index in [1.807, 2.05) is 0 Å². The summed E-state index contributed by atoms with van der Waals surface area (Å²) in [6, 6.07) is 8.68. The summed E-state index contributed by atoms with van der Waals surface area (Å²) in [7, 11) is 1.74. The number of methoxy groups -OCH3 is 1. The molecule has 3 nitrogen and oxygen atoms in total. The van der Waals surface area contributed by atoms with E-state index in [0.717, 1.165) is 19.6 Å². The number of benzene rings is 1. The highest BCUT2D eigenvalue weighted by Crippen LogP contribution is 2.18. The molecule has 1 atom stereocenters. The third-order valence-electron chi connectivity index (χ3n) is 3.65. The predicted octanol–water partition coefficient (Wildman–Crippen LogP) is 2.00. The number of hydrogen-bond acceptors (Lipinski definition) is 3. The van der Waals surface area contributed by atoms with Crippen LogP contribution in [0.25, 0.3) is 0 Å². The maximum absolute atomic E-state index is 5.78. The van der Waals surface area contributed by atoms with Gasteiger partial charge < -0.3 is 10.5 Å². The van der Waals surface area contributed by atoms with Crippen molar-refractivity contribution in [3.63, 3.8) is 0 Å². The molecule has 100 valence electrons. The Bertz CT molecular complexity index is 367. The highest BCUT2D eigenvalue weighted by Gasteiger charge is 2.18. The Labute approximate surface area is 110 Å². The molecule has 1 aromatic rings. The van der Waals surface area contributed by atoms with Crippen LogP contribution in [0.2, 0.25) is 0 Å². The minimum absolute atomic E-state index is 0.681. The lowest BCUT2D eigenvalue weighted by atomic mass is 9.98. The fraction of sp³-hybridized carbons (Fsp3) is 0.600. The van der Waals surface area contributed by atoms with E-state index in [0.29, 0.717) is 12.5 Å². The molecule has 0 amide bonds. The summed E-state index contributed by atoms with van der Waals surface area (Å²) in [5.41, 5.74) is 8.41. The molecule has 18 heavy (non-hydrogen) atoms. The number of piperidine rings is 1. The van der Waals surface area contributed by atoms with Gasteiger partial charge in [0, 0.05) is 20.2 Å². The average Bonchev–Trinajstić information content (AvgIpc) is 2.40. The molecule has 1 fully saturated rings. The van der Waals surface area contributed by atoms with Crippen molar-refractivity contribution in [2.45, 2.75) is 26.0 Å². The van der Waals surface area contributed by atoms with Gasteiger partial charge in [0.25, 0.3) is 0 Å². The monoisotopic (exact) mass is 248 g/mol. The first kappa shape index (κ1) is 13.5. The van der Waals surface area contributed by atoms with Crippen molar-refractivity contribution in [3.8, 4) is 0 Å². The molecule has 1 aliphatic rings. The summed E-state index contributed by atoms with van der Waals surface area (Å²) in [6.07, 6.45) is 2.57. The number of likely N-dealkylation sites (tertiary alicyclic amines) is 1. The Balaban J connectivity index is 1.93. The first-order valence-corrected chi connectivity index (χ1v) is 6.81. The minimum Gasteiger partial charge on any atom is -0.380 e. The van der Waals surface area contributed by atoms with Crippen molar-refractivity contribution in [2.24, 2.45) is 11.7 Å². The smallest absolute Gasteiger partial charge is 0.0713 e. The number of rotatable bonds is 5. The van der Waals surface area contributed by atoms with Gasteiger partial charge in [-0.2, -0.15) is 0 Å². The highest BCUT2D eigenvalue weighted by atomic mass is 16.5. The molecule has 2 rings (SSSR count). The van der Waals surface area contributed by atoms with Crippen LogP contribution in [0.5, 0.6) is 0 Å². The molecular formula is C15H24N2O. The Kier molecular flexibility index (Phi) is 5.17. The van der Waals surface area contributed by atoms with Crippen LogP contribution in [-0.2, 0) is 17.9 Å². The normalized spacial score (nSPS) is 21.1. The van der Waals surface area contributed by atoms with Crippen molar-refractivity contribution < 1.29 is 4.74 Å². The van der Waals surface area contributed by atoms with Gasteiger partial charge in [0.2, 0.25) is 0 Å². The predicted molar refractivity (Wildman–Crippen MR) is 74.2 cm³/mol. The van der Waals surface area contributed by atoms with E-state index < -0.39 is 0 Å². The zero-order valence-electron chi connectivity index (χ0n) is 11.3. The minimum atomic E-state index is 0.681. The summed E-state index contributed by atoms with van der Waals surface area (Å²) < 4.78 is 5.18. The molecule has 2 N–H and O–H groups in total. The van der Waals surface area contributed by atoms with E-state index in [1.165, 1.54) is 30.5 Å². The molecule has 1 aliphatic heterocycles. The van der Waals surface area contributed by atoms with Gasteiger partial charge in [0.15, 0.2) is 0 Å². The Hall–Kier alpha value is -0.900. The Morgan fingerprint density at radius 1 is 1.39 bits per heavy atom. The molecule has 1 saturated heterocycles. The van der Waals surface area contributed by atoms with E-state index in [1.54, 1.807) is 7.11 Å². The second-order valence-corrected chi connectivity index (χ2v) is 5.23. The van der Waals surface area contributed by atoms with Crippen molar-refractivity contribution in [1.82, 2.24) is 4.90 Å². The van der Waals surface area contributed by atoms with Crippen LogP contribution in [0.3, 0.4) is 0 Å². The van der Waals surface area contributed by atoms with Gasteiger partial charge in [-0.05, 0) is 43.0 Å². The number of nitrogens with two attached hydrogens (primary N) is 1. The van der Waals surface area contributed by atoms with E-state index >= 15 is 0 Å². The van der Waals surface area contributed by atoms with Crippen LogP contribution in [0.15, 0.2) is 24.3 Å². The van der Waals surface area contributed by atoms with Gasteiger partial charge in [0.05, 0.1) is 6.61 Å². The molecule has 0 saturated carbocycles.